The molecule has 19 heavy (non-hydrogen) atoms. The van der Waals surface area contributed by atoms with Crippen LogP contribution in [-0.4, -0.2) is 0 Å². The van der Waals surface area contributed by atoms with E-state index in [-0.39, 0.29) is 15.7 Å². The predicted octanol–water partition coefficient (Wildman–Crippen LogP) is 6.06. The van der Waals surface area contributed by atoms with E-state index < -0.39 is 5.82 Å². The van der Waals surface area contributed by atoms with Crippen molar-refractivity contribution in [2.24, 2.45) is 0 Å². The summed E-state index contributed by atoms with van der Waals surface area (Å²) in [4.78, 5) is -0.328. The van der Waals surface area contributed by atoms with Crippen LogP contribution in [0, 0.1) is 18.6 Å². The number of benzene rings is 2. The van der Waals surface area contributed by atoms with Gasteiger partial charge in [0.15, 0.2) is 0 Å². The SMILES string of the molecule is Cc1cc(C(Br)c2ccc(Cl)c(F)c2)c(Cl)cc1F. The molecule has 0 aromatic heterocycles. The van der Waals surface area contributed by atoms with E-state index in [0.717, 1.165) is 0 Å². The van der Waals surface area contributed by atoms with Crippen molar-refractivity contribution in [2.45, 2.75) is 11.8 Å². The zero-order chi connectivity index (χ0) is 14.2. The Morgan fingerprint density at radius 2 is 1.68 bits per heavy atom. The summed E-state index contributed by atoms with van der Waals surface area (Å²) in [6.07, 6.45) is 0. The maximum atomic E-state index is 13.5. The van der Waals surface area contributed by atoms with Gasteiger partial charge in [-0.15, -0.1) is 0 Å². The minimum atomic E-state index is -0.501. The number of halogens is 5. The average molecular weight is 366 g/mol. The lowest BCUT2D eigenvalue weighted by atomic mass is 10.0. The van der Waals surface area contributed by atoms with Crippen molar-refractivity contribution in [1.82, 2.24) is 0 Å². The average Bonchev–Trinajstić information content (AvgIpc) is 2.36. The number of hydrogen-bond donors (Lipinski definition) is 0. The van der Waals surface area contributed by atoms with Crippen molar-refractivity contribution < 1.29 is 8.78 Å². The van der Waals surface area contributed by atoms with Crippen LogP contribution in [0.5, 0.6) is 0 Å². The third kappa shape index (κ3) is 3.10. The monoisotopic (exact) mass is 364 g/mol. The van der Waals surface area contributed by atoms with Gasteiger partial charge in [0, 0.05) is 5.02 Å². The van der Waals surface area contributed by atoms with Crippen molar-refractivity contribution in [3.8, 4) is 0 Å². The van der Waals surface area contributed by atoms with E-state index >= 15 is 0 Å². The molecule has 0 aliphatic heterocycles. The first-order valence-corrected chi connectivity index (χ1v) is 7.12. The summed E-state index contributed by atoms with van der Waals surface area (Å²) in [7, 11) is 0. The van der Waals surface area contributed by atoms with Crippen LogP contribution in [0.3, 0.4) is 0 Å². The molecule has 0 radical (unpaired) electrons. The lowest BCUT2D eigenvalue weighted by molar-refractivity contribution is 0.617. The zero-order valence-corrected chi connectivity index (χ0v) is 13.0. The van der Waals surface area contributed by atoms with Gasteiger partial charge in [0.25, 0.3) is 0 Å². The Morgan fingerprint density at radius 1 is 1.00 bits per heavy atom. The van der Waals surface area contributed by atoms with Gasteiger partial charge in [0.1, 0.15) is 11.6 Å². The highest BCUT2D eigenvalue weighted by molar-refractivity contribution is 9.09. The van der Waals surface area contributed by atoms with Gasteiger partial charge in [0.05, 0.1) is 9.85 Å². The molecule has 1 atom stereocenters. The van der Waals surface area contributed by atoms with Gasteiger partial charge < -0.3 is 0 Å². The van der Waals surface area contributed by atoms with Gasteiger partial charge in [-0.1, -0.05) is 51.3 Å². The van der Waals surface area contributed by atoms with E-state index in [4.69, 9.17) is 23.2 Å². The van der Waals surface area contributed by atoms with Gasteiger partial charge in [-0.3, -0.25) is 0 Å². The lowest BCUT2D eigenvalue weighted by Gasteiger charge is -2.14. The smallest absolute Gasteiger partial charge is 0.142 e. The fourth-order valence-corrected chi connectivity index (χ4v) is 2.90. The third-order valence-corrected chi connectivity index (χ3v) is 4.44. The van der Waals surface area contributed by atoms with Gasteiger partial charge in [-0.2, -0.15) is 0 Å². The van der Waals surface area contributed by atoms with E-state index in [2.05, 4.69) is 15.9 Å². The molecule has 2 rings (SSSR count). The standard InChI is InChI=1S/C14H9BrCl2F2/c1-7-4-9(11(17)6-12(7)18)14(15)8-2-3-10(16)13(19)5-8/h2-6,14H,1H3. The first-order chi connectivity index (χ1) is 8.90. The minimum Gasteiger partial charge on any atom is -0.207 e. The van der Waals surface area contributed by atoms with Gasteiger partial charge in [0.2, 0.25) is 0 Å². The molecule has 0 spiro atoms. The third-order valence-electron chi connectivity index (χ3n) is 2.79. The summed E-state index contributed by atoms with van der Waals surface area (Å²) < 4.78 is 26.8. The Bertz CT molecular complexity index is 629. The first kappa shape index (κ1) is 14.8. The normalized spacial score (nSPS) is 12.5. The summed E-state index contributed by atoms with van der Waals surface area (Å²) in [6.45, 7) is 1.65. The van der Waals surface area contributed by atoms with Crippen LogP contribution in [0.25, 0.3) is 0 Å². The van der Waals surface area contributed by atoms with Crippen LogP contribution >= 0.6 is 39.1 Å². The molecule has 0 aliphatic carbocycles. The van der Waals surface area contributed by atoms with E-state index in [1.165, 1.54) is 18.2 Å². The molecule has 0 saturated heterocycles. The Kier molecular flexibility index (Phi) is 4.49. The van der Waals surface area contributed by atoms with Crippen molar-refractivity contribution in [1.29, 1.82) is 0 Å². The van der Waals surface area contributed by atoms with Crippen molar-refractivity contribution in [3.63, 3.8) is 0 Å². The van der Waals surface area contributed by atoms with Crippen LogP contribution in [0.2, 0.25) is 10.0 Å². The van der Waals surface area contributed by atoms with Crippen molar-refractivity contribution in [2.75, 3.05) is 0 Å². The second-order valence-corrected chi connectivity index (χ2v) is 5.89. The quantitative estimate of drug-likeness (QED) is 0.567. The van der Waals surface area contributed by atoms with Gasteiger partial charge >= 0.3 is 0 Å². The highest BCUT2D eigenvalue weighted by Crippen LogP contribution is 2.37. The maximum Gasteiger partial charge on any atom is 0.142 e. The second-order valence-electron chi connectivity index (χ2n) is 4.16. The molecular weight excluding hydrogens is 357 g/mol. The Balaban J connectivity index is 2.46. The van der Waals surface area contributed by atoms with Crippen LogP contribution in [-0.2, 0) is 0 Å². The van der Waals surface area contributed by atoms with E-state index in [1.54, 1.807) is 19.1 Å². The molecule has 0 bridgehead atoms. The van der Waals surface area contributed by atoms with Crippen molar-refractivity contribution >= 4 is 39.1 Å². The molecule has 1 unspecified atom stereocenters. The number of alkyl halides is 1. The fraction of sp³-hybridized carbons (Fsp3) is 0.143. The van der Waals surface area contributed by atoms with Crippen LogP contribution in [0.15, 0.2) is 30.3 Å². The molecule has 0 saturated carbocycles. The molecule has 0 N–H and O–H groups in total. The summed E-state index contributed by atoms with van der Waals surface area (Å²) in [5, 5.41) is 0.352. The Labute approximate surface area is 128 Å². The first-order valence-electron chi connectivity index (χ1n) is 5.44. The highest BCUT2D eigenvalue weighted by Gasteiger charge is 2.17. The highest BCUT2D eigenvalue weighted by atomic mass is 79.9. The Morgan fingerprint density at radius 3 is 2.32 bits per heavy atom. The molecular formula is C14H9BrCl2F2. The fourth-order valence-electron chi connectivity index (χ4n) is 1.72. The predicted molar refractivity (Wildman–Crippen MR) is 78.3 cm³/mol. The molecule has 0 fully saturated rings. The van der Waals surface area contributed by atoms with E-state index in [0.29, 0.717) is 21.7 Å². The maximum absolute atomic E-state index is 13.5. The molecule has 5 heteroatoms. The molecule has 2 aromatic rings. The summed E-state index contributed by atoms with van der Waals surface area (Å²) in [5.41, 5.74) is 1.83. The lowest BCUT2D eigenvalue weighted by Crippen LogP contribution is -1.97. The van der Waals surface area contributed by atoms with E-state index in [1.807, 2.05) is 0 Å². The summed E-state index contributed by atoms with van der Waals surface area (Å²) in [6, 6.07) is 7.40. The molecule has 0 heterocycles. The van der Waals surface area contributed by atoms with E-state index in [9.17, 15) is 8.78 Å². The largest absolute Gasteiger partial charge is 0.207 e. The van der Waals surface area contributed by atoms with Crippen LogP contribution in [0.4, 0.5) is 8.78 Å². The number of hydrogen-bond acceptors (Lipinski definition) is 0. The molecule has 2 aromatic carbocycles. The molecule has 0 nitrogen and oxygen atoms in total. The minimum absolute atomic E-state index is 0.0600. The summed E-state index contributed by atoms with van der Waals surface area (Å²) in [5.74, 6) is -0.866. The zero-order valence-electron chi connectivity index (χ0n) is 9.85. The number of rotatable bonds is 2. The summed E-state index contributed by atoms with van der Waals surface area (Å²) >= 11 is 15.1. The molecule has 0 amide bonds. The molecule has 0 aliphatic rings. The Hall–Kier alpha value is -0.640. The molecule has 100 valence electrons. The van der Waals surface area contributed by atoms with Gasteiger partial charge in [-0.05, 0) is 41.8 Å². The van der Waals surface area contributed by atoms with Crippen molar-refractivity contribution in [3.05, 3.63) is 68.7 Å². The topological polar surface area (TPSA) is 0 Å². The van der Waals surface area contributed by atoms with Crippen LogP contribution in [0.1, 0.15) is 21.5 Å². The van der Waals surface area contributed by atoms with Gasteiger partial charge in [-0.25, -0.2) is 8.78 Å². The van der Waals surface area contributed by atoms with Crippen LogP contribution < -0.4 is 0 Å². The second kappa shape index (κ2) is 5.78. The number of aryl methyl sites for hydroxylation is 1.